The zero-order valence-electron chi connectivity index (χ0n) is 15.4. The fraction of sp³-hybridized carbons (Fsp3) is 0.278. The van der Waals surface area contributed by atoms with Crippen molar-refractivity contribution in [3.63, 3.8) is 0 Å². The van der Waals surface area contributed by atoms with Gasteiger partial charge in [0.1, 0.15) is 0 Å². The van der Waals surface area contributed by atoms with Gasteiger partial charge in [0.15, 0.2) is 6.04 Å². The van der Waals surface area contributed by atoms with E-state index in [1.807, 2.05) is 31.3 Å². The number of nitro groups is 1. The molecule has 28 heavy (non-hydrogen) atoms. The molecule has 0 aliphatic rings. The largest absolute Gasteiger partial charge is 0.390 e. The van der Waals surface area contributed by atoms with Crippen molar-refractivity contribution >= 4 is 33.3 Å². The molecule has 0 radical (unpaired) electrons. The highest BCUT2D eigenvalue weighted by Gasteiger charge is 2.27. The lowest BCUT2D eigenvalue weighted by molar-refractivity contribution is -0.389. The number of carbonyl (C=O) groups is 1. The van der Waals surface area contributed by atoms with Crippen LogP contribution in [0.15, 0.2) is 47.2 Å². The van der Waals surface area contributed by atoms with Gasteiger partial charge in [0.2, 0.25) is 0 Å². The number of nitrogens with zero attached hydrogens (tertiary/aromatic N) is 5. The second-order valence-corrected chi connectivity index (χ2v) is 7.23. The van der Waals surface area contributed by atoms with Gasteiger partial charge in [-0.3, -0.25) is 9.48 Å². The van der Waals surface area contributed by atoms with Gasteiger partial charge in [-0.15, -0.1) is 0 Å². The fourth-order valence-corrected chi connectivity index (χ4v) is 3.26. The number of hydrogen-bond acceptors (Lipinski definition) is 5. The zero-order chi connectivity index (χ0) is 20.3. The Morgan fingerprint density at radius 1 is 1.39 bits per heavy atom. The van der Waals surface area contributed by atoms with Crippen LogP contribution in [0.3, 0.4) is 0 Å². The summed E-state index contributed by atoms with van der Waals surface area (Å²) in [5.41, 5.74) is 2.19. The molecule has 1 amide bonds. The van der Waals surface area contributed by atoms with E-state index in [0.29, 0.717) is 24.3 Å². The topological polar surface area (TPSA) is 108 Å². The number of aromatic nitrogens is 4. The maximum absolute atomic E-state index is 12.8. The first-order valence-corrected chi connectivity index (χ1v) is 9.45. The van der Waals surface area contributed by atoms with E-state index in [4.69, 9.17) is 0 Å². The van der Waals surface area contributed by atoms with E-state index in [2.05, 4.69) is 31.4 Å². The van der Waals surface area contributed by atoms with Crippen LogP contribution in [0.4, 0.5) is 11.5 Å². The third-order valence-corrected chi connectivity index (χ3v) is 4.63. The molecule has 2 heterocycles. The smallest absolute Gasteiger partial charge is 0.358 e. The van der Waals surface area contributed by atoms with E-state index in [1.165, 1.54) is 10.7 Å². The third kappa shape index (κ3) is 4.45. The van der Waals surface area contributed by atoms with Crippen LogP contribution in [0.5, 0.6) is 0 Å². The highest BCUT2D eigenvalue weighted by atomic mass is 79.9. The molecular weight excluding hydrogens is 428 g/mol. The summed E-state index contributed by atoms with van der Waals surface area (Å²) in [6.45, 7) is 4.10. The predicted octanol–water partition coefficient (Wildman–Crippen LogP) is 3.70. The van der Waals surface area contributed by atoms with Crippen LogP contribution >= 0.6 is 15.9 Å². The molecule has 0 aliphatic carbocycles. The maximum atomic E-state index is 12.8. The molecule has 0 fully saturated rings. The van der Waals surface area contributed by atoms with Crippen molar-refractivity contribution < 1.29 is 9.72 Å². The van der Waals surface area contributed by atoms with Crippen LogP contribution in [-0.4, -0.2) is 30.4 Å². The molecular formula is C18H19BrN6O3. The van der Waals surface area contributed by atoms with Crippen molar-refractivity contribution in [3.8, 4) is 0 Å². The number of carbonyl (C=O) groups excluding carboxylic acids is 1. The third-order valence-electron chi connectivity index (χ3n) is 4.22. The molecule has 3 aromatic rings. The van der Waals surface area contributed by atoms with E-state index < -0.39 is 11.0 Å². The summed E-state index contributed by atoms with van der Waals surface area (Å²) < 4.78 is 4.08. The standard InChI is InChI=1S/C18H19BrN6O3/c1-3-16(24-12(2)7-17(22-24)25(27)28)18(26)21-15-6-4-5-13(8-15)10-23-11-14(19)9-20-23/h4-9,11,16H,3,10H2,1-2H3,(H,21,26). The summed E-state index contributed by atoms with van der Waals surface area (Å²) >= 11 is 3.36. The van der Waals surface area contributed by atoms with Crippen molar-refractivity contribution in [2.75, 3.05) is 5.32 Å². The lowest BCUT2D eigenvalue weighted by atomic mass is 10.1. The Bertz CT molecular complexity index is 1010. The van der Waals surface area contributed by atoms with Gasteiger partial charge in [-0.1, -0.05) is 19.1 Å². The monoisotopic (exact) mass is 446 g/mol. The van der Waals surface area contributed by atoms with Crippen LogP contribution in [0.2, 0.25) is 0 Å². The lowest BCUT2D eigenvalue weighted by Crippen LogP contribution is -2.27. The number of rotatable bonds is 7. The van der Waals surface area contributed by atoms with Crippen LogP contribution in [0, 0.1) is 17.0 Å². The summed E-state index contributed by atoms with van der Waals surface area (Å²) in [5.74, 6) is -0.543. The van der Waals surface area contributed by atoms with Gasteiger partial charge in [-0.05, 0) is 51.9 Å². The van der Waals surface area contributed by atoms with Gasteiger partial charge in [0.05, 0.1) is 34.1 Å². The summed E-state index contributed by atoms with van der Waals surface area (Å²) in [6.07, 6.45) is 4.03. The van der Waals surface area contributed by atoms with E-state index in [9.17, 15) is 14.9 Å². The maximum Gasteiger partial charge on any atom is 0.390 e. The van der Waals surface area contributed by atoms with Gasteiger partial charge < -0.3 is 15.4 Å². The molecule has 0 bridgehead atoms. The minimum absolute atomic E-state index is 0.267. The van der Waals surface area contributed by atoms with Gasteiger partial charge in [0.25, 0.3) is 5.91 Å². The first-order valence-electron chi connectivity index (χ1n) is 8.65. The van der Waals surface area contributed by atoms with E-state index in [1.54, 1.807) is 23.9 Å². The van der Waals surface area contributed by atoms with Gasteiger partial charge >= 0.3 is 5.82 Å². The van der Waals surface area contributed by atoms with Crippen molar-refractivity contribution in [2.45, 2.75) is 32.9 Å². The number of aryl methyl sites for hydroxylation is 1. The Balaban J connectivity index is 1.76. The molecule has 0 saturated heterocycles. The van der Waals surface area contributed by atoms with Gasteiger partial charge in [-0.2, -0.15) is 9.78 Å². The summed E-state index contributed by atoms with van der Waals surface area (Å²) in [6, 6.07) is 8.19. The SMILES string of the molecule is CCC(C(=O)Nc1cccc(Cn2cc(Br)cn2)c1)n1nc([N+](=O)[O-])cc1C. The molecule has 3 rings (SSSR count). The Labute approximate surface area is 169 Å². The molecule has 1 aromatic carbocycles. The first-order chi connectivity index (χ1) is 13.4. The van der Waals surface area contributed by atoms with E-state index in [-0.39, 0.29) is 11.7 Å². The highest BCUT2D eigenvalue weighted by Crippen LogP contribution is 2.21. The van der Waals surface area contributed by atoms with Crippen molar-refractivity contribution in [3.05, 3.63) is 68.6 Å². The highest BCUT2D eigenvalue weighted by molar-refractivity contribution is 9.10. The predicted molar refractivity (Wildman–Crippen MR) is 107 cm³/mol. The molecule has 0 saturated carbocycles. The molecule has 0 aliphatic heterocycles. The van der Waals surface area contributed by atoms with E-state index in [0.717, 1.165) is 10.0 Å². The Morgan fingerprint density at radius 3 is 2.79 bits per heavy atom. The molecule has 9 nitrogen and oxygen atoms in total. The van der Waals surface area contributed by atoms with Gasteiger partial charge in [0, 0.05) is 11.9 Å². The van der Waals surface area contributed by atoms with Crippen LogP contribution in [-0.2, 0) is 11.3 Å². The lowest BCUT2D eigenvalue weighted by Gasteiger charge is -2.15. The number of benzene rings is 1. The average molecular weight is 447 g/mol. The minimum Gasteiger partial charge on any atom is -0.358 e. The molecule has 2 aromatic heterocycles. The number of nitrogens with one attached hydrogen (secondary N) is 1. The first kappa shape index (κ1) is 19.7. The van der Waals surface area contributed by atoms with Crippen molar-refractivity contribution in [1.82, 2.24) is 19.6 Å². The number of halogens is 1. The summed E-state index contributed by atoms with van der Waals surface area (Å²) in [4.78, 5) is 23.2. The summed E-state index contributed by atoms with van der Waals surface area (Å²) in [5, 5.41) is 22.0. The molecule has 1 atom stereocenters. The minimum atomic E-state index is -0.639. The number of hydrogen-bond donors (Lipinski definition) is 1. The Hall–Kier alpha value is -3.01. The zero-order valence-corrected chi connectivity index (χ0v) is 17.0. The summed E-state index contributed by atoms with van der Waals surface area (Å²) in [7, 11) is 0. The van der Waals surface area contributed by atoms with E-state index >= 15 is 0 Å². The molecule has 0 spiro atoms. The average Bonchev–Trinajstić information content (AvgIpc) is 3.22. The second kappa shape index (κ2) is 8.34. The Kier molecular flexibility index (Phi) is 5.88. The van der Waals surface area contributed by atoms with Crippen LogP contribution in [0.1, 0.15) is 30.6 Å². The number of amides is 1. The normalized spacial score (nSPS) is 12.0. The van der Waals surface area contributed by atoms with Gasteiger partial charge in [-0.25, -0.2) is 0 Å². The molecule has 1 unspecified atom stereocenters. The van der Waals surface area contributed by atoms with Crippen molar-refractivity contribution in [2.24, 2.45) is 0 Å². The second-order valence-electron chi connectivity index (χ2n) is 6.32. The molecule has 146 valence electrons. The molecule has 10 heteroatoms. The van der Waals surface area contributed by atoms with Crippen LogP contribution in [0.25, 0.3) is 0 Å². The molecule has 1 N–H and O–H groups in total. The fourth-order valence-electron chi connectivity index (χ4n) is 2.93. The van der Waals surface area contributed by atoms with Crippen LogP contribution < -0.4 is 5.32 Å². The Morgan fingerprint density at radius 2 is 2.18 bits per heavy atom. The van der Waals surface area contributed by atoms with Crippen molar-refractivity contribution in [1.29, 1.82) is 0 Å². The number of anilines is 1. The quantitative estimate of drug-likeness (QED) is 0.439.